The first-order valence-corrected chi connectivity index (χ1v) is 7.70. The second-order valence-corrected chi connectivity index (χ2v) is 6.83. The lowest BCUT2D eigenvalue weighted by Gasteiger charge is -2.30. The average molecular weight is 347 g/mol. The maximum atomic E-state index is 13.7. The second kappa shape index (κ2) is 5.74. The molecule has 0 bridgehead atoms. The SMILES string of the molecule is CC1(C)CN([C@@H](c2ccc3cc(C#N)ccc3c2)C(F)(F)F)NC1=O. The highest BCUT2D eigenvalue weighted by Gasteiger charge is 2.51. The number of hydrogen-bond acceptors (Lipinski definition) is 3. The summed E-state index contributed by atoms with van der Waals surface area (Å²) in [5, 5.41) is 11.2. The number of halogens is 3. The quantitative estimate of drug-likeness (QED) is 0.901. The molecule has 0 aromatic heterocycles. The Hall–Kier alpha value is -2.59. The Morgan fingerprint density at radius 2 is 1.84 bits per heavy atom. The summed E-state index contributed by atoms with van der Waals surface area (Å²) in [6.07, 6.45) is -4.55. The van der Waals surface area contributed by atoms with E-state index in [1.807, 2.05) is 6.07 Å². The van der Waals surface area contributed by atoms with Crippen LogP contribution < -0.4 is 5.43 Å². The van der Waals surface area contributed by atoms with Crippen molar-refractivity contribution in [2.24, 2.45) is 5.41 Å². The number of benzene rings is 2. The minimum Gasteiger partial charge on any atom is -0.287 e. The van der Waals surface area contributed by atoms with Crippen LogP contribution in [0.1, 0.15) is 31.0 Å². The number of hydrazine groups is 1. The fourth-order valence-corrected chi connectivity index (χ4v) is 3.02. The zero-order valence-corrected chi connectivity index (χ0v) is 13.7. The lowest BCUT2D eigenvalue weighted by molar-refractivity contribution is -0.191. The molecule has 0 unspecified atom stereocenters. The van der Waals surface area contributed by atoms with Crippen molar-refractivity contribution < 1.29 is 18.0 Å². The normalized spacial score (nSPS) is 18.8. The average Bonchev–Trinajstić information content (AvgIpc) is 2.78. The van der Waals surface area contributed by atoms with Crippen LogP contribution >= 0.6 is 0 Å². The van der Waals surface area contributed by atoms with Gasteiger partial charge >= 0.3 is 6.18 Å². The summed E-state index contributed by atoms with van der Waals surface area (Å²) >= 11 is 0. The van der Waals surface area contributed by atoms with Crippen LogP contribution in [-0.2, 0) is 4.79 Å². The highest BCUT2D eigenvalue weighted by molar-refractivity contribution is 5.85. The van der Waals surface area contributed by atoms with E-state index in [4.69, 9.17) is 5.26 Å². The first-order valence-electron chi connectivity index (χ1n) is 7.70. The fourth-order valence-electron chi connectivity index (χ4n) is 3.02. The van der Waals surface area contributed by atoms with E-state index in [1.165, 1.54) is 12.1 Å². The van der Waals surface area contributed by atoms with Gasteiger partial charge in [0.2, 0.25) is 5.91 Å². The molecule has 4 nitrogen and oxygen atoms in total. The van der Waals surface area contributed by atoms with Crippen molar-refractivity contribution in [3.05, 3.63) is 47.5 Å². The first kappa shape index (κ1) is 17.2. The first-order chi connectivity index (χ1) is 11.6. The van der Waals surface area contributed by atoms with Gasteiger partial charge in [0.1, 0.15) is 6.04 Å². The maximum Gasteiger partial charge on any atom is 0.409 e. The molecule has 3 rings (SSSR count). The predicted molar refractivity (Wildman–Crippen MR) is 86.1 cm³/mol. The summed E-state index contributed by atoms with van der Waals surface area (Å²) in [6, 6.07) is 9.29. The van der Waals surface area contributed by atoms with Gasteiger partial charge in [-0.25, -0.2) is 5.01 Å². The third kappa shape index (κ3) is 3.17. The van der Waals surface area contributed by atoms with E-state index in [0.717, 1.165) is 5.01 Å². The summed E-state index contributed by atoms with van der Waals surface area (Å²) in [4.78, 5) is 11.9. The molecule has 2 aromatic carbocycles. The van der Waals surface area contributed by atoms with Gasteiger partial charge in [-0.3, -0.25) is 10.2 Å². The molecule has 1 aliphatic heterocycles. The molecule has 25 heavy (non-hydrogen) atoms. The number of nitrogens with one attached hydrogen (secondary N) is 1. The van der Waals surface area contributed by atoms with Crippen molar-refractivity contribution in [1.82, 2.24) is 10.4 Å². The van der Waals surface area contributed by atoms with Gasteiger partial charge in [-0.05, 0) is 48.4 Å². The molecule has 0 aliphatic carbocycles. The molecule has 0 saturated carbocycles. The van der Waals surface area contributed by atoms with E-state index < -0.39 is 23.5 Å². The lowest BCUT2D eigenvalue weighted by Crippen LogP contribution is -2.43. The third-order valence-corrected chi connectivity index (χ3v) is 4.36. The number of carbonyl (C=O) groups is 1. The molecule has 1 heterocycles. The molecule has 130 valence electrons. The van der Waals surface area contributed by atoms with Crippen molar-refractivity contribution in [1.29, 1.82) is 5.26 Å². The monoisotopic (exact) mass is 347 g/mol. The van der Waals surface area contributed by atoms with Gasteiger partial charge in [0.15, 0.2) is 0 Å². The zero-order valence-electron chi connectivity index (χ0n) is 13.7. The molecular weight excluding hydrogens is 331 g/mol. The molecule has 1 aliphatic rings. The molecule has 7 heteroatoms. The predicted octanol–water partition coefficient (Wildman–Crippen LogP) is 3.69. The summed E-state index contributed by atoms with van der Waals surface area (Å²) in [6.45, 7) is 3.18. The summed E-state index contributed by atoms with van der Waals surface area (Å²) in [5.41, 5.74) is 1.95. The number of nitriles is 1. The molecule has 1 N–H and O–H groups in total. The Morgan fingerprint density at radius 1 is 1.20 bits per heavy atom. The minimum absolute atomic E-state index is 0.0403. The van der Waals surface area contributed by atoms with Crippen LogP contribution in [0.25, 0.3) is 10.8 Å². The van der Waals surface area contributed by atoms with Gasteiger partial charge in [-0.1, -0.05) is 18.2 Å². The van der Waals surface area contributed by atoms with E-state index in [-0.39, 0.29) is 12.1 Å². The molecule has 1 amide bonds. The van der Waals surface area contributed by atoms with Gasteiger partial charge in [-0.2, -0.15) is 18.4 Å². The van der Waals surface area contributed by atoms with Gasteiger partial charge < -0.3 is 0 Å². The van der Waals surface area contributed by atoms with Crippen LogP contribution in [0, 0.1) is 16.7 Å². The zero-order chi connectivity index (χ0) is 18.4. The Bertz CT molecular complexity index is 883. The van der Waals surface area contributed by atoms with E-state index in [1.54, 1.807) is 38.1 Å². The second-order valence-electron chi connectivity index (χ2n) is 6.83. The minimum atomic E-state index is -4.55. The highest BCUT2D eigenvalue weighted by atomic mass is 19.4. The Labute approximate surface area is 142 Å². The van der Waals surface area contributed by atoms with E-state index >= 15 is 0 Å². The summed E-state index contributed by atoms with van der Waals surface area (Å²) < 4.78 is 41.2. The lowest BCUT2D eigenvalue weighted by atomic mass is 9.93. The molecule has 1 atom stereocenters. The molecule has 1 fully saturated rings. The van der Waals surface area contributed by atoms with Crippen molar-refractivity contribution in [3.8, 4) is 6.07 Å². The molecule has 0 spiro atoms. The fraction of sp³-hybridized carbons (Fsp3) is 0.333. The van der Waals surface area contributed by atoms with Gasteiger partial charge in [0.05, 0.1) is 17.0 Å². The van der Waals surface area contributed by atoms with Crippen LogP contribution in [0.4, 0.5) is 13.2 Å². The van der Waals surface area contributed by atoms with E-state index in [2.05, 4.69) is 5.43 Å². The van der Waals surface area contributed by atoms with Crippen LogP contribution in [0.2, 0.25) is 0 Å². The number of amides is 1. The van der Waals surface area contributed by atoms with Gasteiger partial charge in [-0.15, -0.1) is 0 Å². The molecular formula is C18H16F3N3O. The van der Waals surface area contributed by atoms with E-state index in [0.29, 0.717) is 16.3 Å². The number of hydrogen-bond donors (Lipinski definition) is 1. The Kier molecular flexibility index (Phi) is 3.96. The largest absolute Gasteiger partial charge is 0.409 e. The number of nitrogens with zero attached hydrogens (tertiary/aromatic N) is 2. The van der Waals surface area contributed by atoms with Gasteiger partial charge in [0, 0.05) is 6.54 Å². The molecule has 0 radical (unpaired) electrons. The van der Waals surface area contributed by atoms with Crippen molar-refractivity contribution in [2.45, 2.75) is 26.1 Å². The Balaban J connectivity index is 2.04. The maximum absolute atomic E-state index is 13.7. The van der Waals surface area contributed by atoms with Crippen molar-refractivity contribution in [2.75, 3.05) is 6.54 Å². The number of fused-ring (bicyclic) bond motifs is 1. The van der Waals surface area contributed by atoms with Crippen LogP contribution in [0.15, 0.2) is 36.4 Å². The number of carbonyl (C=O) groups excluding carboxylic acids is 1. The van der Waals surface area contributed by atoms with Crippen LogP contribution in [0.3, 0.4) is 0 Å². The number of rotatable bonds is 2. The highest BCUT2D eigenvalue weighted by Crippen LogP contribution is 2.41. The molecule has 1 saturated heterocycles. The summed E-state index contributed by atoms with van der Waals surface area (Å²) in [5.74, 6) is -0.429. The van der Waals surface area contributed by atoms with Crippen LogP contribution in [0.5, 0.6) is 0 Å². The van der Waals surface area contributed by atoms with Crippen molar-refractivity contribution in [3.63, 3.8) is 0 Å². The van der Waals surface area contributed by atoms with Crippen LogP contribution in [-0.4, -0.2) is 23.6 Å². The third-order valence-electron chi connectivity index (χ3n) is 4.36. The number of alkyl halides is 3. The Morgan fingerprint density at radius 3 is 2.40 bits per heavy atom. The van der Waals surface area contributed by atoms with Gasteiger partial charge in [0.25, 0.3) is 0 Å². The summed E-state index contributed by atoms with van der Waals surface area (Å²) in [7, 11) is 0. The van der Waals surface area contributed by atoms with E-state index in [9.17, 15) is 18.0 Å². The standard InChI is InChI=1S/C18H16F3N3O/c1-17(2)10-24(23-16(17)25)15(18(19,20)21)14-6-5-12-7-11(9-22)3-4-13(12)8-14/h3-8,15H,10H2,1-2H3,(H,23,25)/t15-/m0/s1. The van der Waals surface area contributed by atoms with Crippen molar-refractivity contribution >= 4 is 16.7 Å². The molecule has 2 aromatic rings. The topological polar surface area (TPSA) is 56.1 Å². The smallest absolute Gasteiger partial charge is 0.287 e.